The van der Waals surface area contributed by atoms with Gasteiger partial charge >= 0.3 is 0 Å². The Morgan fingerprint density at radius 1 is 0.967 bits per heavy atom. The molecule has 2 aromatic heterocycles. The lowest BCUT2D eigenvalue weighted by atomic mass is 10.3. The van der Waals surface area contributed by atoms with Crippen LogP contribution in [-0.4, -0.2) is 23.0 Å². The molecule has 0 unspecified atom stereocenters. The number of aryl methyl sites for hydroxylation is 1. The van der Waals surface area contributed by atoms with E-state index in [0.717, 1.165) is 4.47 Å². The lowest BCUT2D eigenvalue weighted by Crippen LogP contribution is -2.12. The zero-order valence-electron chi connectivity index (χ0n) is 15.9. The van der Waals surface area contributed by atoms with Crippen LogP contribution in [0.25, 0.3) is 5.82 Å². The summed E-state index contributed by atoms with van der Waals surface area (Å²) in [6, 6.07) is 18.6. The summed E-state index contributed by atoms with van der Waals surface area (Å²) in [5, 5.41) is 0. The Morgan fingerprint density at radius 2 is 1.63 bits per heavy atom. The van der Waals surface area contributed by atoms with E-state index in [2.05, 4.69) is 30.6 Å². The first-order chi connectivity index (χ1) is 14.4. The number of anilines is 1. The van der Waals surface area contributed by atoms with E-state index >= 15 is 0 Å². The van der Waals surface area contributed by atoms with Crippen molar-refractivity contribution in [1.29, 1.82) is 0 Å². The van der Waals surface area contributed by atoms with Gasteiger partial charge in [0, 0.05) is 28.6 Å². The highest BCUT2D eigenvalue weighted by atomic mass is 79.9. The van der Waals surface area contributed by atoms with Crippen LogP contribution >= 0.6 is 15.9 Å². The zero-order valence-corrected chi connectivity index (χ0v) is 18.3. The number of halogens is 1. The summed E-state index contributed by atoms with van der Waals surface area (Å²) in [5.41, 5.74) is 0.428. The molecule has 7 nitrogen and oxygen atoms in total. The van der Waals surface area contributed by atoms with Crippen LogP contribution in [0.1, 0.15) is 5.82 Å². The Hall–Kier alpha value is -3.17. The number of nitrogens with zero attached hydrogens (tertiary/aromatic N) is 3. The third-order valence-electron chi connectivity index (χ3n) is 4.12. The van der Waals surface area contributed by atoms with Gasteiger partial charge in [-0.2, -0.15) is 4.98 Å². The van der Waals surface area contributed by atoms with Gasteiger partial charge in [0.05, 0.1) is 4.90 Å². The van der Waals surface area contributed by atoms with Gasteiger partial charge < -0.3 is 9.30 Å². The Kier molecular flexibility index (Phi) is 5.56. The number of hydrogen-bond donors (Lipinski definition) is 1. The maximum Gasteiger partial charge on any atom is 0.261 e. The number of aromatic nitrogens is 3. The Labute approximate surface area is 182 Å². The molecular weight excluding hydrogens is 468 g/mol. The molecule has 0 aliphatic rings. The van der Waals surface area contributed by atoms with E-state index in [1.54, 1.807) is 49.4 Å². The van der Waals surface area contributed by atoms with Crippen LogP contribution in [0.4, 0.5) is 5.69 Å². The molecule has 0 amide bonds. The van der Waals surface area contributed by atoms with Crippen LogP contribution in [0.15, 0.2) is 88.5 Å². The van der Waals surface area contributed by atoms with Crippen molar-refractivity contribution in [3.63, 3.8) is 0 Å². The molecule has 1 N–H and O–H groups in total. The second-order valence-corrected chi connectivity index (χ2v) is 8.99. The van der Waals surface area contributed by atoms with Crippen LogP contribution in [-0.2, 0) is 10.0 Å². The molecular formula is C21H17BrN4O3S. The van der Waals surface area contributed by atoms with Gasteiger partial charge in [-0.05, 0) is 67.6 Å². The van der Waals surface area contributed by atoms with E-state index in [1.807, 2.05) is 29.1 Å². The molecule has 0 saturated heterocycles. The molecule has 0 bridgehead atoms. The zero-order chi connectivity index (χ0) is 21.1. The van der Waals surface area contributed by atoms with E-state index in [-0.39, 0.29) is 4.90 Å². The van der Waals surface area contributed by atoms with Crippen molar-refractivity contribution < 1.29 is 13.2 Å². The molecule has 4 rings (SSSR count). The molecule has 0 aliphatic heterocycles. The molecule has 0 radical (unpaired) electrons. The number of benzene rings is 2. The highest BCUT2D eigenvalue weighted by Crippen LogP contribution is 2.25. The van der Waals surface area contributed by atoms with Crippen LogP contribution in [0.3, 0.4) is 0 Å². The standard InChI is InChI=1S/C21H17BrN4O3S/c1-15-23-20(26-12-2-3-13-26)14-21(24-15)29-18-8-6-17(7-9-18)25-30(27,28)19-10-4-16(22)5-11-19/h2-14,25H,1H3. The molecule has 2 heterocycles. The fraction of sp³-hybridized carbons (Fsp3) is 0.0476. The molecule has 0 spiro atoms. The summed E-state index contributed by atoms with van der Waals surface area (Å²) < 4.78 is 36.1. The minimum absolute atomic E-state index is 0.181. The maximum atomic E-state index is 12.5. The van der Waals surface area contributed by atoms with Gasteiger partial charge in [0.2, 0.25) is 5.88 Å². The molecule has 0 aliphatic carbocycles. The Bertz CT molecular complexity index is 1260. The van der Waals surface area contributed by atoms with E-state index in [9.17, 15) is 8.42 Å². The van der Waals surface area contributed by atoms with Crippen LogP contribution < -0.4 is 9.46 Å². The number of sulfonamides is 1. The summed E-state index contributed by atoms with van der Waals surface area (Å²) in [6.07, 6.45) is 3.77. The van der Waals surface area contributed by atoms with Gasteiger partial charge in [0.25, 0.3) is 10.0 Å². The average Bonchev–Trinajstić information content (AvgIpc) is 3.24. The molecule has 152 valence electrons. The third-order valence-corrected chi connectivity index (χ3v) is 6.05. The third kappa shape index (κ3) is 4.69. The van der Waals surface area contributed by atoms with E-state index < -0.39 is 10.0 Å². The van der Waals surface area contributed by atoms with Crippen molar-refractivity contribution in [2.24, 2.45) is 0 Å². The van der Waals surface area contributed by atoms with E-state index in [4.69, 9.17) is 4.74 Å². The molecule has 4 aromatic rings. The highest BCUT2D eigenvalue weighted by molar-refractivity contribution is 9.10. The second kappa shape index (κ2) is 8.29. The maximum absolute atomic E-state index is 12.5. The van der Waals surface area contributed by atoms with Gasteiger partial charge in [0.15, 0.2) is 0 Å². The Morgan fingerprint density at radius 3 is 2.30 bits per heavy atom. The summed E-state index contributed by atoms with van der Waals surface area (Å²) in [7, 11) is -3.67. The predicted octanol–water partition coefficient (Wildman–Crippen LogP) is 4.93. The fourth-order valence-electron chi connectivity index (χ4n) is 2.74. The predicted molar refractivity (Wildman–Crippen MR) is 118 cm³/mol. The normalized spacial score (nSPS) is 11.3. The summed E-state index contributed by atoms with van der Waals surface area (Å²) in [5.74, 6) is 2.20. The van der Waals surface area contributed by atoms with Crippen molar-refractivity contribution in [1.82, 2.24) is 14.5 Å². The summed E-state index contributed by atoms with van der Waals surface area (Å²) >= 11 is 3.29. The Balaban J connectivity index is 1.50. The largest absolute Gasteiger partial charge is 0.439 e. The first-order valence-electron chi connectivity index (χ1n) is 8.94. The van der Waals surface area contributed by atoms with Gasteiger partial charge in [-0.3, -0.25) is 4.72 Å². The first-order valence-corrected chi connectivity index (χ1v) is 11.2. The van der Waals surface area contributed by atoms with Crippen LogP contribution in [0, 0.1) is 6.92 Å². The van der Waals surface area contributed by atoms with Gasteiger partial charge in [-0.1, -0.05) is 15.9 Å². The lowest BCUT2D eigenvalue weighted by Gasteiger charge is -2.10. The average molecular weight is 485 g/mol. The van der Waals surface area contributed by atoms with E-state index in [0.29, 0.717) is 29.0 Å². The van der Waals surface area contributed by atoms with Gasteiger partial charge in [0.1, 0.15) is 17.4 Å². The smallest absolute Gasteiger partial charge is 0.261 e. The van der Waals surface area contributed by atoms with Crippen molar-refractivity contribution >= 4 is 31.6 Å². The van der Waals surface area contributed by atoms with Crippen LogP contribution in [0.5, 0.6) is 11.6 Å². The first kappa shape index (κ1) is 20.1. The summed E-state index contributed by atoms with van der Waals surface area (Å²) in [4.78, 5) is 8.88. The molecule has 0 saturated carbocycles. The summed E-state index contributed by atoms with van der Waals surface area (Å²) in [6.45, 7) is 1.79. The lowest BCUT2D eigenvalue weighted by molar-refractivity contribution is 0.459. The molecule has 2 aromatic carbocycles. The molecule has 9 heteroatoms. The monoisotopic (exact) mass is 484 g/mol. The number of ether oxygens (including phenoxy) is 1. The van der Waals surface area contributed by atoms with Crippen molar-refractivity contribution in [3.8, 4) is 17.4 Å². The van der Waals surface area contributed by atoms with Crippen molar-refractivity contribution in [2.45, 2.75) is 11.8 Å². The fourth-order valence-corrected chi connectivity index (χ4v) is 4.06. The van der Waals surface area contributed by atoms with Gasteiger partial charge in [-0.15, -0.1) is 0 Å². The molecule has 0 atom stereocenters. The minimum Gasteiger partial charge on any atom is -0.439 e. The SMILES string of the molecule is Cc1nc(Oc2ccc(NS(=O)(=O)c3ccc(Br)cc3)cc2)cc(-n2cccc2)n1. The minimum atomic E-state index is -3.67. The number of hydrogen-bond acceptors (Lipinski definition) is 5. The number of rotatable bonds is 6. The van der Waals surface area contributed by atoms with Gasteiger partial charge in [-0.25, -0.2) is 13.4 Å². The number of nitrogens with one attached hydrogen (secondary N) is 1. The van der Waals surface area contributed by atoms with Crippen molar-refractivity contribution in [2.75, 3.05) is 4.72 Å². The second-order valence-electron chi connectivity index (χ2n) is 6.39. The molecule has 30 heavy (non-hydrogen) atoms. The topological polar surface area (TPSA) is 86.1 Å². The van der Waals surface area contributed by atoms with Crippen LogP contribution in [0.2, 0.25) is 0 Å². The van der Waals surface area contributed by atoms with E-state index in [1.165, 1.54) is 12.1 Å². The molecule has 0 fully saturated rings. The quantitative estimate of drug-likeness (QED) is 0.419. The highest BCUT2D eigenvalue weighted by Gasteiger charge is 2.14. The van der Waals surface area contributed by atoms with Crippen molar-refractivity contribution in [3.05, 3.63) is 89.4 Å².